The van der Waals surface area contributed by atoms with Crippen LogP contribution in [0.4, 0.5) is 4.39 Å². The summed E-state index contributed by atoms with van der Waals surface area (Å²) in [7, 11) is 1.53. The van der Waals surface area contributed by atoms with E-state index in [-0.39, 0.29) is 25.1 Å². The lowest BCUT2D eigenvalue weighted by atomic mass is 9.99. The molecule has 0 heterocycles. The molecule has 1 amide bonds. The molecule has 0 saturated carbocycles. The Labute approximate surface area is 180 Å². The van der Waals surface area contributed by atoms with Gasteiger partial charge in [-0.15, -0.1) is 0 Å². The van der Waals surface area contributed by atoms with Gasteiger partial charge in [0.05, 0.1) is 6.42 Å². The molecule has 0 aromatic heterocycles. The van der Waals surface area contributed by atoms with E-state index in [1.807, 2.05) is 60.7 Å². The molecule has 160 valence electrons. The summed E-state index contributed by atoms with van der Waals surface area (Å²) in [5, 5.41) is 2.63. The highest BCUT2D eigenvalue weighted by atomic mass is 19.1. The summed E-state index contributed by atoms with van der Waals surface area (Å²) in [4.78, 5) is 24.4. The molecule has 31 heavy (non-hydrogen) atoms. The van der Waals surface area contributed by atoms with Crippen molar-refractivity contribution in [1.29, 1.82) is 0 Å². The number of carbonyl (C=O) groups is 2. The van der Waals surface area contributed by atoms with E-state index < -0.39 is 23.8 Å². The van der Waals surface area contributed by atoms with Gasteiger partial charge in [-0.1, -0.05) is 60.7 Å². The van der Waals surface area contributed by atoms with E-state index >= 15 is 0 Å². The fourth-order valence-corrected chi connectivity index (χ4v) is 3.18. The second kappa shape index (κ2) is 11.0. The third kappa shape index (κ3) is 6.49. The second-order valence-electron chi connectivity index (χ2n) is 6.95. The molecular formula is C25H24FNO4. The Morgan fingerprint density at radius 2 is 1.61 bits per heavy atom. The van der Waals surface area contributed by atoms with Crippen molar-refractivity contribution < 1.29 is 23.5 Å². The van der Waals surface area contributed by atoms with Gasteiger partial charge in [-0.05, 0) is 34.9 Å². The summed E-state index contributed by atoms with van der Waals surface area (Å²) in [6.07, 6.45) is -0.484. The van der Waals surface area contributed by atoms with Crippen molar-refractivity contribution in [2.24, 2.45) is 0 Å². The Hall–Kier alpha value is -3.51. The van der Waals surface area contributed by atoms with Crippen molar-refractivity contribution in [3.8, 4) is 0 Å². The number of hydrogen-bond donors (Lipinski definition) is 1. The van der Waals surface area contributed by atoms with E-state index in [0.717, 1.165) is 17.2 Å². The summed E-state index contributed by atoms with van der Waals surface area (Å²) in [5.41, 5.74) is 2.42. The number of rotatable bonds is 9. The van der Waals surface area contributed by atoms with Gasteiger partial charge in [0.25, 0.3) is 5.91 Å². The Kier molecular flexibility index (Phi) is 7.90. The van der Waals surface area contributed by atoms with Crippen molar-refractivity contribution in [2.45, 2.75) is 19.1 Å². The third-order valence-corrected chi connectivity index (χ3v) is 4.68. The first-order chi connectivity index (χ1) is 15.1. The van der Waals surface area contributed by atoms with Crippen molar-refractivity contribution in [3.05, 3.63) is 107 Å². The average molecular weight is 421 g/mol. The average Bonchev–Trinajstić information content (AvgIpc) is 2.79. The van der Waals surface area contributed by atoms with Crippen molar-refractivity contribution in [1.82, 2.24) is 5.32 Å². The van der Waals surface area contributed by atoms with Crippen LogP contribution in [0.3, 0.4) is 0 Å². The van der Waals surface area contributed by atoms with E-state index in [2.05, 4.69) is 5.32 Å². The van der Waals surface area contributed by atoms with Crippen molar-refractivity contribution >= 4 is 11.9 Å². The quantitative estimate of drug-likeness (QED) is 0.520. The highest BCUT2D eigenvalue weighted by Gasteiger charge is 2.17. The number of esters is 1. The maximum atomic E-state index is 14.2. The number of ether oxygens (including phenoxy) is 2. The lowest BCUT2D eigenvalue weighted by Crippen LogP contribution is -2.27. The smallest absolute Gasteiger partial charge is 0.307 e. The Bertz CT molecular complexity index is 1010. The van der Waals surface area contributed by atoms with E-state index in [1.165, 1.54) is 13.2 Å². The topological polar surface area (TPSA) is 64.6 Å². The normalized spacial score (nSPS) is 11.5. The molecule has 0 aliphatic rings. The highest BCUT2D eigenvalue weighted by Crippen LogP contribution is 2.26. The molecular weight excluding hydrogens is 397 g/mol. The molecule has 0 fully saturated rings. The van der Waals surface area contributed by atoms with Crippen LogP contribution in [0.5, 0.6) is 0 Å². The summed E-state index contributed by atoms with van der Waals surface area (Å²) in [5.74, 6) is -1.44. The predicted molar refractivity (Wildman–Crippen MR) is 115 cm³/mol. The van der Waals surface area contributed by atoms with Gasteiger partial charge in [0.2, 0.25) is 0 Å². The molecule has 0 saturated heterocycles. The van der Waals surface area contributed by atoms with Gasteiger partial charge in [0, 0.05) is 19.2 Å². The second-order valence-corrected chi connectivity index (χ2v) is 6.95. The number of carbonyl (C=O) groups excluding carboxylic acids is 2. The van der Waals surface area contributed by atoms with Crippen LogP contribution in [0, 0.1) is 5.82 Å². The SMILES string of the molecule is COC(c1ccccc1)c1cc(F)cc(C(=O)NCCC(=O)OCc2ccccc2)c1. The van der Waals surface area contributed by atoms with Gasteiger partial charge in [0.1, 0.15) is 18.5 Å². The van der Waals surface area contributed by atoms with Crippen LogP contribution in [0.2, 0.25) is 0 Å². The maximum Gasteiger partial charge on any atom is 0.307 e. The summed E-state index contributed by atoms with van der Waals surface area (Å²) in [6.45, 7) is 0.267. The monoisotopic (exact) mass is 421 g/mol. The van der Waals surface area contributed by atoms with Crippen LogP contribution in [0.15, 0.2) is 78.9 Å². The molecule has 1 atom stereocenters. The zero-order chi connectivity index (χ0) is 22.1. The number of amides is 1. The van der Waals surface area contributed by atoms with Crippen LogP contribution in [0.1, 0.15) is 39.6 Å². The third-order valence-electron chi connectivity index (χ3n) is 4.68. The number of nitrogens with one attached hydrogen (secondary N) is 1. The molecule has 6 heteroatoms. The first-order valence-corrected chi connectivity index (χ1v) is 9.93. The molecule has 0 bridgehead atoms. The lowest BCUT2D eigenvalue weighted by Gasteiger charge is -2.17. The van der Waals surface area contributed by atoms with Gasteiger partial charge < -0.3 is 14.8 Å². The number of benzene rings is 3. The fourth-order valence-electron chi connectivity index (χ4n) is 3.18. The standard InChI is InChI=1S/C25H24FNO4/c1-30-24(19-10-6-3-7-11-19)20-14-21(16-22(26)15-20)25(29)27-13-12-23(28)31-17-18-8-4-2-5-9-18/h2-11,14-16,24H,12-13,17H2,1H3,(H,27,29). The van der Waals surface area contributed by atoms with E-state index in [1.54, 1.807) is 6.07 Å². The molecule has 0 aliphatic heterocycles. The predicted octanol–water partition coefficient (Wildman–Crippen LogP) is 4.42. The first-order valence-electron chi connectivity index (χ1n) is 9.93. The largest absolute Gasteiger partial charge is 0.461 e. The van der Waals surface area contributed by atoms with Gasteiger partial charge in [-0.3, -0.25) is 9.59 Å². The number of methoxy groups -OCH3 is 1. The molecule has 0 aliphatic carbocycles. The van der Waals surface area contributed by atoms with Crippen LogP contribution in [0.25, 0.3) is 0 Å². The molecule has 0 spiro atoms. The fraction of sp³-hybridized carbons (Fsp3) is 0.200. The van der Waals surface area contributed by atoms with Crippen LogP contribution >= 0.6 is 0 Å². The van der Waals surface area contributed by atoms with Crippen LogP contribution < -0.4 is 5.32 Å². The van der Waals surface area contributed by atoms with Gasteiger partial charge in [0.15, 0.2) is 0 Å². The zero-order valence-corrected chi connectivity index (χ0v) is 17.2. The van der Waals surface area contributed by atoms with E-state index in [4.69, 9.17) is 9.47 Å². The number of halogens is 1. The minimum atomic E-state index is -0.539. The Morgan fingerprint density at radius 3 is 2.29 bits per heavy atom. The molecule has 0 radical (unpaired) electrons. The Balaban J connectivity index is 1.57. The molecule has 3 rings (SSSR count). The molecule has 3 aromatic carbocycles. The van der Waals surface area contributed by atoms with Crippen LogP contribution in [-0.2, 0) is 20.9 Å². The van der Waals surface area contributed by atoms with Crippen LogP contribution in [-0.4, -0.2) is 25.5 Å². The summed E-state index contributed by atoms with van der Waals surface area (Å²) < 4.78 is 24.9. The van der Waals surface area contributed by atoms with E-state index in [0.29, 0.717) is 5.56 Å². The van der Waals surface area contributed by atoms with E-state index in [9.17, 15) is 14.0 Å². The molecule has 1 unspecified atom stereocenters. The highest BCUT2D eigenvalue weighted by molar-refractivity contribution is 5.94. The maximum absolute atomic E-state index is 14.2. The van der Waals surface area contributed by atoms with Gasteiger partial charge in [-0.2, -0.15) is 0 Å². The van der Waals surface area contributed by atoms with Gasteiger partial charge >= 0.3 is 5.97 Å². The molecule has 5 nitrogen and oxygen atoms in total. The molecule has 1 N–H and O–H groups in total. The first kappa shape index (κ1) is 22.2. The van der Waals surface area contributed by atoms with Gasteiger partial charge in [-0.25, -0.2) is 4.39 Å². The lowest BCUT2D eigenvalue weighted by molar-refractivity contribution is -0.144. The summed E-state index contributed by atoms with van der Waals surface area (Å²) >= 11 is 0. The molecule has 3 aromatic rings. The minimum absolute atomic E-state index is 0.0193. The summed E-state index contributed by atoms with van der Waals surface area (Å²) in [6, 6.07) is 22.8. The van der Waals surface area contributed by atoms with Crippen molar-refractivity contribution in [3.63, 3.8) is 0 Å². The van der Waals surface area contributed by atoms with Crippen molar-refractivity contribution in [2.75, 3.05) is 13.7 Å². The number of hydrogen-bond acceptors (Lipinski definition) is 4. The Morgan fingerprint density at radius 1 is 0.935 bits per heavy atom. The minimum Gasteiger partial charge on any atom is -0.461 e. The zero-order valence-electron chi connectivity index (χ0n) is 17.2.